The summed E-state index contributed by atoms with van der Waals surface area (Å²) in [5.74, 6) is 0. The Balaban J connectivity index is 1.40. The van der Waals surface area contributed by atoms with Crippen molar-refractivity contribution in [3.05, 3.63) is 71.8 Å². The van der Waals surface area contributed by atoms with E-state index in [1.807, 2.05) is 6.07 Å². The van der Waals surface area contributed by atoms with Crippen molar-refractivity contribution >= 4 is 34.1 Å². The molecule has 4 aromatic rings. The van der Waals surface area contributed by atoms with Crippen LogP contribution in [0, 0.1) is 0 Å². The molecular weight excluding hydrogens is 425 g/mol. The highest BCUT2D eigenvalue weighted by atomic mass is 32.1. The maximum absolute atomic E-state index is 6.33. The second-order valence-electron chi connectivity index (χ2n) is 10.8. The zero-order valence-electron chi connectivity index (χ0n) is 20.0. The summed E-state index contributed by atoms with van der Waals surface area (Å²) >= 11 is 1.75. The normalized spacial score (nSPS) is 19.6. The molecule has 0 amide bonds. The summed E-state index contributed by atoms with van der Waals surface area (Å²) in [4.78, 5) is 4.88. The lowest BCUT2D eigenvalue weighted by Crippen LogP contribution is -2.41. The molecular formula is C28H28BNO2S. The van der Waals surface area contributed by atoms with Crippen molar-refractivity contribution in [2.24, 2.45) is 0 Å². The van der Waals surface area contributed by atoms with E-state index in [1.165, 1.54) is 32.5 Å². The number of para-hydroxylation sites is 1. The number of nitrogens with zero attached hydrogens (tertiary/aromatic N) is 1. The molecule has 2 aliphatic rings. The van der Waals surface area contributed by atoms with Gasteiger partial charge in [0.1, 0.15) is 5.01 Å². The Hall–Kier alpha value is -2.47. The second kappa shape index (κ2) is 6.78. The molecule has 1 aliphatic heterocycles. The molecule has 6 rings (SSSR count). The summed E-state index contributed by atoms with van der Waals surface area (Å²) in [6.07, 6.45) is 0. The fraction of sp³-hybridized carbons (Fsp3) is 0.321. The molecule has 2 heterocycles. The molecule has 0 saturated carbocycles. The molecule has 33 heavy (non-hydrogen) atoms. The fourth-order valence-electron chi connectivity index (χ4n) is 5.01. The van der Waals surface area contributed by atoms with Gasteiger partial charge in [0.15, 0.2) is 0 Å². The first-order chi connectivity index (χ1) is 15.6. The highest BCUT2D eigenvalue weighted by molar-refractivity contribution is 7.21. The van der Waals surface area contributed by atoms with E-state index in [9.17, 15) is 0 Å². The van der Waals surface area contributed by atoms with E-state index >= 15 is 0 Å². The minimum Gasteiger partial charge on any atom is -0.399 e. The van der Waals surface area contributed by atoms with Gasteiger partial charge in [-0.2, -0.15) is 0 Å². The first-order valence-corrected chi connectivity index (χ1v) is 12.4. The number of aromatic nitrogens is 1. The summed E-state index contributed by atoms with van der Waals surface area (Å²) in [7, 11) is -0.349. The van der Waals surface area contributed by atoms with E-state index in [0.717, 1.165) is 16.0 Å². The Kier molecular flexibility index (Phi) is 4.34. The van der Waals surface area contributed by atoms with Crippen molar-refractivity contribution in [1.82, 2.24) is 4.98 Å². The van der Waals surface area contributed by atoms with Gasteiger partial charge < -0.3 is 9.31 Å². The third-order valence-electron chi connectivity index (χ3n) is 7.77. The lowest BCUT2D eigenvalue weighted by molar-refractivity contribution is 0.00578. The first-order valence-electron chi connectivity index (χ1n) is 11.6. The molecule has 3 nitrogen and oxygen atoms in total. The van der Waals surface area contributed by atoms with Gasteiger partial charge in [0.05, 0.1) is 21.4 Å². The van der Waals surface area contributed by atoms with E-state index in [2.05, 4.69) is 96.1 Å². The van der Waals surface area contributed by atoms with Crippen LogP contribution in [0.1, 0.15) is 52.7 Å². The minimum atomic E-state index is -0.349. The molecule has 166 valence electrons. The van der Waals surface area contributed by atoms with Crippen LogP contribution in [0.15, 0.2) is 60.7 Å². The predicted octanol–water partition coefficient (Wildman–Crippen LogP) is 6.57. The molecule has 0 unspecified atom stereocenters. The number of rotatable bonds is 2. The standard InChI is InChI=1S/C28H28BNO2S/c1-26(2)21-15-17(25-30-23-9-7-8-10-24(23)33-25)11-13-19(21)20-14-12-18(16-22(20)26)29-31-27(3,4)28(5,6)32-29/h7-16H,1-6H3. The quantitative estimate of drug-likeness (QED) is 0.322. The van der Waals surface area contributed by atoms with E-state index in [1.54, 1.807) is 11.3 Å². The fourth-order valence-corrected chi connectivity index (χ4v) is 5.97. The van der Waals surface area contributed by atoms with Gasteiger partial charge in [0, 0.05) is 11.0 Å². The lowest BCUT2D eigenvalue weighted by atomic mass is 9.74. The van der Waals surface area contributed by atoms with Crippen LogP contribution in [0.4, 0.5) is 0 Å². The van der Waals surface area contributed by atoms with Crippen molar-refractivity contribution in [1.29, 1.82) is 0 Å². The van der Waals surface area contributed by atoms with Gasteiger partial charge in [-0.15, -0.1) is 11.3 Å². The first kappa shape index (κ1) is 21.1. The number of thiazole rings is 1. The molecule has 0 N–H and O–H groups in total. The molecule has 5 heteroatoms. The van der Waals surface area contributed by atoms with Crippen molar-refractivity contribution in [3.63, 3.8) is 0 Å². The van der Waals surface area contributed by atoms with Gasteiger partial charge >= 0.3 is 7.12 Å². The Bertz CT molecular complexity index is 1370. The van der Waals surface area contributed by atoms with Crippen molar-refractivity contribution < 1.29 is 9.31 Å². The average molecular weight is 453 g/mol. The Morgan fingerprint density at radius 2 is 1.39 bits per heavy atom. The van der Waals surface area contributed by atoms with Gasteiger partial charge in [0.25, 0.3) is 0 Å². The van der Waals surface area contributed by atoms with Gasteiger partial charge in [0.2, 0.25) is 0 Å². The lowest BCUT2D eigenvalue weighted by Gasteiger charge is -2.32. The molecule has 1 aliphatic carbocycles. The molecule has 1 aromatic heterocycles. The Morgan fingerprint density at radius 1 is 0.758 bits per heavy atom. The van der Waals surface area contributed by atoms with Gasteiger partial charge in [-0.1, -0.05) is 56.3 Å². The van der Waals surface area contributed by atoms with Crippen LogP contribution in [0.3, 0.4) is 0 Å². The maximum atomic E-state index is 6.33. The number of benzene rings is 3. The summed E-state index contributed by atoms with van der Waals surface area (Å²) in [5, 5.41) is 1.07. The van der Waals surface area contributed by atoms with E-state index in [-0.39, 0.29) is 23.7 Å². The Morgan fingerprint density at radius 3 is 2.09 bits per heavy atom. The third kappa shape index (κ3) is 3.06. The van der Waals surface area contributed by atoms with Crippen LogP contribution in [-0.2, 0) is 14.7 Å². The van der Waals surface area contributed by atoms with E-state index in [4.69, 9.17) is 14.3 Å². The molecule has 0 spiro atoms. The summed E-state index contributed by atoms with van der Waals surface area (Å²) in [5.41, 5.74) is 7.80. The number of fused-ring (bicyclic) bond motifs is 4. The predicted molar refractivity (Wildman–Crippen MR) is 138 cm³/mol. The van der Waals surface area contributed by atoms with Crippen molar-refractivity contribution in [2.75, 3.05) is 0 Å². The zero-order valence-corrected chi connectivity index (χ0v) is 20.8. The van der Waals surface area contributed by atoms with Crippen LogP contribution in [0.5, 0.6) is 0 Å². The molecule has 0 radical (unpaired) electrons. The molecule has 1 saturated heterocycles. The van der Waals surface area contributed by atoms with Crippen molar-refractivity contribution in [2.45, 2.75) is 58.2 Å². The highest BCUT2D eigenvalue weighted by Crippen LogP contribution is 2.50. The number of hydrogen-bond donors (Lipinski definition) is 0. The maximum Gasteiger partial charge on any atom is 0.494 e. The van der Waals surface area contributed by atoms with Gasteiger partial charge in [-0.25, -0.2) is 4.98 Å². The second-order valence-corrected chi connectivity index (χ2v) is 11.8. The van der Waals surface area contributed by atoms with Crippen LogP contribution in [0.2, 0.25) is 0 Å². The zero-order chi connectivity index (χ0) is 23.2. The van der Waals surface area contributed by atoms with Gasteiger partial charge in [-0.3, -0.25) is 0 Å². The molecule has 0 bridgehead atoms. The van der Waals surface area contributed by atoms with E-state index < -0.39 is 0 Å². The monoisotopic (exact) mass is 453 g/mol. The molecule has 3 aromatic carbocycles. The SMILES string of the molecule is CC1(C)c2cc(B3OC(C)(C)C(C)(C)O3)ccc2-c2ccc(-c3nc4ccccc4s3)cc21. The van der Waals surface area contributed by atoms with Crippen LogP contribution in [-0.4, -0.2) is 23.3 Å². The molecule has 1 fully saturated rings. The van der Waals surface area contributed by atoms with Crippen LogP contribution < -0.4 is 5.46 Å². The third-order valence-corrected chi connectivity index (χ3v) is 8.85. The van der Waals surface area contributed by atoms with Crippen molar-refractivity contribution in [3.8, 4) is 21.7 Å². The summed E-state index contributed by atoms with van der Waals surface area (Å²) in [6.45, 7) is 13.0. The Labute approximate surface area is 199 Å². The minimum absolute atomic E-state index is 0.114. The smallest absolute Gasteiger partial charge is 0.399 e. The highest BCUT2D eigenvalue weighted by Gasteiger charge is 2.52. The molecule has 0 atom stereocenters. The largest absolute Gasteiger partial charge is 0.494 e. The van der Waals surface area contributed by atoms with Crippen LogP contribution >= 0.6 is 11.3 Å². The topological polar surface area (TPSA) is 31.4 Å². The average Bonchev–Trinajstić information content (AvgIpc) is 3.37. The van der Waals surface area contributed by atoms with E-state index in [0.29, 0.717) is 0 Å². The number of hydrogen-bond acceptors (Lipinski definition) is 4. The van der Waals surface area contributed by atoms with Gasteiger partial charge in [-0.05, 0) is 73.6 Å². The van der Waals surface area contributed by atoms with Crippen LogP contribution in [0.25, 0.3) is 31.9 Å². The summed E-state index contributed by atoms with van der Waals surface area (Å²) in [6, 6.07) is 21.8. The summed E-state index contributed by atoms with van der Waals surface area (Å²) < 4.78 is 13.9.